The van der Waals surface area contributed by atoms with Crippen LogP contribution in [0.4, 0.5) is 5.69 Å². The lowest BCUT2D eigenvalue weighted by Crippen LogP contribution is -2.18. The van der Waals surface area contributed by atoms with Crippen molar-refractivity contribution in [3.05, 3.63) is 54.2 Å². The molecule has 0 aliphatic heterocycles. The molecule has 1 aromatic carbocycles. The molecule has 2 heterocycles. The summed E-state index contributed by atoms with van der Waals surface area (Å²) in [6.45, 7) is 0. The van der Waals surface area contributed by atoms with Gasteiger partial charge in [-0.25, -0.2) is 4.98 Å². The summed E-state index contributed by atoms with van der Waals surface area (Å²) in [6, 6.07) is 11.7. The molecule has 0 unspecified atom stereocenters. The van der Waals surface area contributed by atoms with Gasteiger partial charge in [0.15, 0.2) is 5.11 Å². The highest BCUT2D eigenvalue weighted by Crippen LogP contribution is 2.29. The molecule has 0 aliphatic rings. The second-order valence-electron chi connectivity index (χ2n) is 4.35. The van der Waals surface area contributed by atoms with E-state index in [1.807, 2.05) is 48.0 Å². The summed E-state index contributed by atoms with van der Waals surface area (Å²) in [5, 5.41) is 6.15. The van der Waals surface area contributed by atoms with Crippen LogP contribution in [0.25, 0.3) is 21.8 Å². The number of anilines is 1. The third kappa shape index (κ3) is 3.24. The largest absolute Gasteiger partial charge is 0.376 e. The molecule has 2 aromatic heterocycles. The number of thiazole rings is 1. The third-order valence-corrected chi connectivity index (χ3v) is 3.83. The van der Waals surface area contributed by atoms with Gasteiger partial charge in [0, 0.05) is 34.6 Å². The fraction of sp³-hybridized carbons (Fsp3) is 0. The molecule has 3 aromatic rings. The summed E-state index contributed by atoms with van der Waals surface area (Å²) >= 11 is 6.45. The lowest BCUT2D eigenvalue weighted by atomic mass is 10.2. The fourth-order valence-corrected chi connectivity index (χ4v) is 2.87. The first-order valence-corrected chi connectivity index (χ1v) is 7.54. The number of hydrogen-bond donors (Lipinski definition) is 2. The van der Waals surface area contributed by atoms with Crippen molar-refractivity contribution in [1.82, 2.24) is 9.97 Å². The lowest BCUT2D eigenvalue weighted by Gasteiger charge is -2.04. The zero-order chi connectivity index (χ0) is 14.7. The van der Waals surface area contributed by atoms with Crippen molar-refractivity contribution in [1.29, 1.82) is 0 Å². The predicted molar refractivity (Wildman–Crippen MR) is 91.2 cm³/mol. The Balaban J connectivity index is 1.91. The van der Waals surface area contributed by atoms with Gasteiger partial charge in [0.05, 0.1) is 5.69 Å². The number of hydrogen-bond acceptors (Lipinski definition) is 4. The summed E-state index contributed by atoms with van der Waals surface area (Å²) in [7, 11) is 0. The maximum atomic E-state index is 5.49. The van der Waals surface area contributed by atoms with Crippen LogP contribution >= 0.6 is 23.6 Å². The van der Waals surface area contributed by atoms with Gasteiger partial charge in [0.1, 0.15) is 5.01 Å². The first kappa shape index (κ1) is 13.7. The van der Waals surface area contributed by atoms with Crippen molar-refractivity contribution < 1.29 is 0 Å². The summed E-state index contributed by atoms with van der Waals surface area (Å²) in [6.07, 6.45) is 3.56. The second kappa shape index (κ2) is 5.99. The van der Waals surface area contributed by atoms with Gasteiger partial charge < -0.3 is 11.1 Å². The Morgan fingerprint density at radius 2 is 2.05 bits per heavy atom. The molecular weight excluding hydrogens is 300 g/mol. The minimum absolute atomic E-state index is 0.252. The summed E-state index contributed by atoms with van der Waals surface area (Å²) in [5.74, 6) is 0. The highest BCUT2D eigenvalue weighted by molar-refractivity contribution is 7.80. The SMILES string of the molecule is NC(=S)Nc1cccc(-c2nc(-c3cccnc3)cs2)c1. The Labute approximate surface area is 131 Å². The van der Waals surface area contributed by atoms with Crippen LogP contribution in [0.3, 0.4) is 0 Å². The third-order valence-electron chi connectivity index (χ3n) is 2.84. The number of thiocarbonyl (C=S) groups is 1. The topological polar surface area (TPSA) is 63.8 Å². The molecule has 0 atom stereocenters. The molecular formula is C15H12N4S2. The van der Waals surface area contributed by atoms with Gasteiger partial charge in [-0.15, -0.1) is 11.3 Å². The van der Waals surface area contributed by atoms with Crippen molar-refractivity contribution >= 4 is 34.4 Å². The van der Waals surface area contributed by atoms with E-state index in [2.05, 4.69) is 15.3 Å². The first-order valence-electron chi connectivity index (χ1n) is 6.25. The average Bonchev–Trinajstić information content (AvgIpc) is 2.98. The molecule has 3 N–H and O–H groups in total. The monoisotopic (exact) mass is 312 g/mol. The molecule has 0 saturated carbocycles. The van der Waals surface area contributed by atoms with E-state index in [-0.39, 0.29) is 5.11 Å². The fourth-order valence-electron chi connectivity index (χ4n) is 1.93. The Kier molecular flexibility index (Phi) is 3.89. The van der Waals surface area contributed by atoms with Gasteiger partial charge in [-0.05, 0) is 36.5 Å². The number of aromatic nitrogens is 2. The van der Waals surface area contributed by atoms with E-state index in [1.165, 1.54) is 0 Å². The number of nitrogens with zero attached hydrogens (tertiary/aromatic N) is 2. The van der Waals surface area contributed by atoms with Gasteiger partial charge in [-0.1, -0.05) is 12.1 Å². The molecule has 6 heteroatoms. The highest BCUT2D eigenvalue weighted by Gasteiger charge is 2.07. The average molecular weight is 312 g/mol. The maximum Gasteiger partial charge on any atom is 0.168 e. The quantitative estimate of drug-likeness (QED) is 0.724. The van der Waals surface area contributed by atoms with Crippen LogP contribution in [0, 0.1) is 0 Å². The van der Waals surface area contributed by atoms with E-state index in [4.69, 9.17) is 18.0 Å². The number of benzene rings is 1. The molecule has 0 saturated heterocycles. The summed E-state index contributed by atoms with van der Waals surface area (Å²) < 4.78 is 0. The Hall–Kier alpha value is -2.31. The van der Waals surface area contributed by atoms with Gasteiger partial charge in [0.2, 0.25) is 0 Å². The second-order valence-corrected chi connectivity index (χ2v) is 5.65. The van der Waals surface area contributed by atoms with Crippen molar-refractivity contribution in [3.63, 3.8) is 0 Å². The van der Waals surface area contributed by atoms with E-state index >= 15 is 0 Å². The van der Waals surface area contributed by atoms with Crippen molar-refractivity contribution in [2.45, 2.75) is 0 Å². The molecule has 0 aliphatic carbocycles. The van der Waals surface area contributed by atoms with Gasteiger partial charge >= 0.3 is 0 Å². The Bertz CT molecular complexity index is 768. The van der Waals surface area contributed by atoms with Gasteiger partial charge in [-0.3, -0.25) is 4.98 Å². The van der Waals surface area contributed by atoms with Crippen LogP contribution in [0.15, 0.2) is 54.2 Å². The van der Waals surface area contributed by atoms with E-state index in [0.29, 0.717) is 0 Å². The Morgan fingerprint density at radius 3 is 2.81 bits per heavy atom. The minimum atomic E-state index is 0.252. The molecule has 4 nitrogen and oxygen atoms in total. The molecule has 0 amide bonds. The van der Waals surface area contributed by atoms with Crippen molar-refractivity contribution in [3.8, 4) is 21.8 Å². The first-order chi connectivity index (χ1) is 10.2. The number of nitrogens with one attached hydrogen (secondary N) is 1. The van der Waals surface area contributed by atoms with E-state index < -0.39 is 0 Å². The smallest absolute Gasteiger partial charge is 0.168 e. The molecule has 104 valence electrons. The van der Waals surface area contributed by atoms with Crippen LogP contribution in [0.1, 0.15) is 0 Å². The van der Waals surface area contributed by atoms with Crippen LogP contribution in [0.2, 0.25) is 0 Å². The highest BCUT2D eigenvalue weighted by atomic mass is 32.1. The summed E-state index contributed by atoms with van der Waals surface area (Å²) in [5.41, 5.74) is 9.32. The van der Waals surface area contributed by atoms with E-state index in [9.17, 15) is 0 Å². The van der Waals surface area contributed by atoms with Gasteiger partial charge in [-0.2, -0.15) is 0 Å². The lowest BCUT2D eigenvalue weighted by molar-refractivity contribution is 1.31. The molecule has 0 fully saturated rings. The summed E-state index contributed by atoms with van der Waals surface area (Å²) in [4.78, 5) is 8.77. The maximum absolute atomic E-state index is 5.49. The van der Waals surface area contributed by atoms with Crippen LogP contribution < -0.4 is 11.1 Å². The number of nitrogens with two attached hydrogens (primary N) is 1. The molecule has 0 bridgehead atoms. The standard InChI is InChI=1S/C15H12N4S2/c16-15(20)18-12-5-1-3-10(7-12)14-19-13(9-21-14)11-4-2-6-17-8-11/h1-9H,(H3,16,18,20). The number of rotatable bonds is 3. The zero-order valence-electron chi connectivity index (χ0n) is 11.0. The normalized spacial score (nSPS) is 10.3. The predicted octanol–water partition coefficient (Wildman–Crippen LogP) is 3.53. The van der Waals surface area contributed by atoms with Crippen LogP contribution in [-0.4, -0.2) is 15.1 Å². The zero-order valence-corrected chi connectivity index (χ0v) is 12.6. The molecule has 3 rings (SSSR count). The van der Waals surface area contributed by atoms with E-state index in [1.54, 1.807) is 17.5 Å². The molecule has 0 spiro atoms. The molecule has 0 radical (unpaired) electrons. The molecule has 21 heavy (non-hydrogen) atoms. The van der Waals surface area contributed by atoms with Crippen molar-refractivity contribution in [2.75, 3.05) is 5.32 Å². The van der Waals surface area contributed by atoms with Gasteiger partial charge in [0.25, 0.3) is 0 Å². The Morgan fingerprint density at radius 1 is 1.19 bits per heavy atom. The van der Waals surface area contributed by atoms with Crippen LogP contribution in [0.5, 0.6) is 0 Å². The van der Waals surface area contributed by atoms with Crippen LogP contribution in [-0.2, 0) is 0 Å². The minimum Gasteiger partial charge on any atom is -0.376 e. The van der Waals surface area contributed by atoms with Crippen molar-refractivity contribution in [2.24, 2.45) is 5.73 Å². The van der Waals surface area contributed by atoms with E-state index in [0.717, 1.165) is 27.5 Å². The number of pyridine rings is 1.